The molecule has 1 aliphatic rings. The van der Waals surface area contributed by atoms with Crippen molar-refractivity contribution in [1.82, 2.24) is 9.78 Å². The Morgan fingerprint density at radius 1 is 1.28 bits per heavy atom. The van der Waals surface area contributed by atoms with Gasteiger partial charge < -0.3 is 10.6 Å². The topological polar surface area (TPSA) is 47.1 Å². The summed E-state index contributed by atoms with van der Waals surface area (Å²) in [5.41, 5.74) is 8.67. The molecule has 2 heterocycles. The maximum absolute atomic E-state index is 5.72. The SMILES string of the molecule is Cc1nn(C)c(N2CCC(C)(C)CC2)c1CCN. The van der Waals surface area contributed by atoms with Crippen LogP contribution in [0.15, 0.2) is 0 Å². The van der Waals surface area contributed by atoms with E-state index in [9.17, 15) is 0 Å². The molecule has 18 heavy (non-hydrogen) atoms. The molecule has 1 aliphatic heterocycles. The van der Waals surface area contributed by atoms with Crippen molar-refractivity contribution in [3.63, 3.8) is 0 Å². The first-order chi connectivity index (χ1) is 8.44. The second-order valence-electron chi connectivity index (χ2n) is 6.20. The second kappa shape index (κ2) is 4.92. The van der Waals surface area contributed by atoms with Gasteiger partial charge in [-0.15, -0.1) is 0 Å². The summed E-state index contributed by atoms with van der Waals surface area (Å²) < 4.78 is 2.03. The monoisotopic (exact) mass is 250 g/mol. The van der Waals surface area contributed by atoms with E-state index in [-0.39, 0.29) is 0 Å². The van der Waals surface area contributed by atoms with Crippen LogP contribution in [0, 0.1) is 12.3 Å². The van der Waals surface area contributed by atoms with Crippen LogP contribution in [0.4, 0.5) is 5.82 Å². The maximum atomic E-state index is 5.72. The highest BCUT2D eigenvalue weighted by atomic mass is 15.4. The summed E-state index contributed by atoms with van der Waals surface area (Å²) in [6, 6.07) is 0. The highest BCUT2D eigenvalue weighted by molar-refractivity contribution is 5.50. The van der Waals surface area contributed by atoms with Gasteiger partial charge in [0.1, 0.15) is 5.82 Å². The maximum Gasteiger partial charge on any atom is 0.130 e. The van der Waals surface area contributed by atoms with Crippen molar-refractivity contribution in [2.45, 2.75) is 40.0 Å². The Bertz CT molecular complexity index is 410. The molecular formula is C14H26N4. The Kier molecular flexibility index (Phi) is 3.66. The molecule has 0 radical (unpaired) electrons. The van der Waals surface area contributed by atoms with Gasteiger partial charge in [0.2, 0.25) is 0 Å². The van der Waals surface area contributed by atoms with Gasteiger partial charge in [0, 0.05) is 25.7 Å². The fraction of sp³-hybridized carbons (Fsp3) is 0.786. The minimum Gasteiger partial charge on any atom is -0.357 e. The van der Waals surface area contributed by atoms with Gasteiger partial charge in [0.05, 0.1) is 5.69 Å². The lowest BCUT2D eigenvalue weighted by atomic mass is 9.82. The Labute approximate surface area is 110 Å². The fourth-order valence-electron chi connectivity index (χ4n) is 2.85. The molecule has 4 heteroatoms. The predicted octanol–water partition coefficient (Wildman–Crippen LogP) is 1.86. The minimum absolute atomic E-state index is 0.484. The molecule has 0 bridgehead atoms. The summed E-state index contributed by atoms with van der Waals surface area (Å²) in [6.07, 6.45) is 3.42. The molecule has 0 amide bonds. The fourth-order valence-corrected chi connectivity index (χ4v) is 2.85. The molecule has 0 unspecified atom stereocenters. The van der Waals surface area contributed by atoms with E-state index in [0.717, 1.165) is 25.2 Å². The van der Waals surface area contributed by atoms with Gasteiger partial charge in [-0.3, -0.25) is 4.68 Å². The van der Waals surface area contributed by atoms with Crippen LogP contribution in [0.5, 0.6) is 0 Å². The standard InChI is InChI=1S/C14H26N4/c1-11-12(5-8-15)13(17(4)16-11)18-9-6-14(2,3)7-10-18/h5-10,15H2,1-4H3. The van der Waals surface area contributed by atoms with Crippen LogP contribution in [0.1, 0.15) is 37.9 Å². The predicted molar refractivity (Wildman–Crippen MR) is 75.9 cm³/mol. The van der Waals surface area contributed by atoms with Crippen LogP contribution in [0.3, 0.4) is 0 Å². The van der Waals surface area contributed by atoms with E-state index in [1.54, 1.807) is 0 Å². The molecule has 0 aromatic carbocycles. The average molecular weight is 250 g/mol. The summed E-state index contributed by atoms with van der Waals surface area (Å²) in [5.74, 6) is 1.29. The van der Waals surface area contributed by atoms with Gasteiger partial charge in [-0.25, -0.2) is 0 Å². The van der Waals surface area contributed by atoms with E-state index < -0.39 is 0 Å². The lowest BCUT2D eigenvalue weighted by Crippen LogP contribution is -2.38. The van der Waals surface area contributed by atoms with Crippen LogP contribution in [0.2, 0.25) is 0 Å². The first-order valence-corrected chi connectivity index (χ1v) is 6.92. The normalized spacial score (nSPS) is 19.3. The Morgan fingerprint density at radius 3 is 2.44 bits per heavy atom. The number of piperidine rings is 1. The molecular weight excluding hydrogens is 224 g/mol. The summed E-state index contributed by atoms with van der Waals surface area (Å²) in [6.45, 7) is 9.76. The first-order valence-electron chi connectivity index (χ1n) is 6.92. The van der Waals surface area contributed by atoms with E-state index in [1.807, 2.05) is 11.7 Å². The Hall–Kier alpha value is -1.03. The van der Waals surface area contributed by atoms with Gasteiger partial charge in [-0.05, 0) is 38.1 Å². The summed E-state index contributed by atoms with van der Waals surface area (Å²) >= 11 is 0. The number of hydrogen-bond acceptors (Lipinski definition) is 3. The average Bonchev–Trinajstić information content (AvgIpc) is 2.56. The van der Waals surface area contributed by atoms with Crippen LogP contribution >= 0.6 is 0 Å². The van der Waals surface area contributed by atoms with E-state index in [1.165, 1.54) is 24.2 Å². The molecule has 0 atom stereocenters. The summed E-state index contributed by atoms with van der Waals surface area (Å²) in [4.78, 5) is 2.48. The Morgan fingerprint density at radius 2 is 1.89 bits per heavy atom. The third kappa shape index (κ3) is 2.53. The van der Waals surface area contributed by atoms with Gasteiger partial charge in [0.15, 0.2) is 0 Å². The smallest absolute Gasteiger partial charge is 0.130 e. The van der Waals surface area contributed by atoms with E-state index in [4.69, 9.17) is 5.73 Å². The van der Waals surface area contributed by atoms with E-state index in [2.05, 4.69) is 30.8 Å². The lowest BCUT2D eigenvalue weighted by molar-refractivity contribution is 0.278. The van der Waals surface area contributed by atoms with E-state index in [0.29, 0.717) is 12.0 Å². The van der Waals surface area contributed by atoms with Crippen molar-refractivity contribution in [2.75, 3.05) is 24.5 Å². The highest BCUT2D eigenvalue weighted by Crippen LogP contribution is 2.34. The van der Waals surface area contributed by atoms with Crippen molar-refractivity contribution < 1.29 is 0 Å². The number of aromatic nitrogens is 2. The molecule has 2 rings (SSSR count). The van der Waals surface area contributed by atoms with Crippen LogP contribution in [-0.2, 0) is 13.5 Å². The molecule has 1 saturated heterocycles. The summed E-state index contributed by atoms with van der Waals surface area (Å²) in [7, 11) is 2.04. The number of anilines is 1. The van der Waals surface area contributed by atoms with Gasteiger partial charge >= 0.3 is 0 Å². The highest BCUT2D eigenvalue weighted by Gasteiger charge is 2.28. The Balaban J connectivity index is 2.23. The van der Waals surface area contributed by atoms with Crippen LogP contribution < -0.4 is 10.6 Å². The number of aryl methyl sites for hydroxylation is 2. The number of nitrogens with zero attached hydrogens (tertiary/aromatic N) is 3. The molecule has 4 nitrogen and oxygen atoms in total. The number of nitrogens with two attached hydrogens (primary N) is 1. The third-order valence-electron chi connectivity index (χ3n) is 4.12. The molecule has 1 fully saturated rings. The van der Waals surface area contributed by atoms with Crippen molar-refractivity contribution in [3.05, 3.63) is 11.3 Å². The lowest BCUT2D eigenvalue weighted by Gasteiger charge is -2.38. The molecule has 102 valence electrons. The van der Waals surface area contributed by atoms with Crippen molar-refractivity contribution in [3.8, 4) is 0 Å². The molecule has 0 spiro atoms. The van der Waals surface area contributed by atoms with Crippen LogP contribution in [-0.4, -0.2) is 29.4 Å². The zero-order valence-corrected chi connectivity index (χ0v) is 12.2. The second-order valence-corrected chi connectivity index (χ2v) is 6.20. The summed E-state index contributed by atoms with van der Waals surface area (Å²) in [5, 5.41) is 4.56. The largest absolute Gasteiger partial charge is 0.357 e. The van der Waals surface area contributed by atoms with Crippen molar-refractivity contribution in [2.24, 2.45) is 18.2 Å². The van der Waals surface area contributed by atoms with Crippen LogP contribution in [0.25, 0.3) is 0 Å². The third-order valence-corrected chi connectivity index (χ3v) is 4.12. The zero-order chi connectivity index (χ0) is 13.3. The molecule has 0 saturated carbocycles. The van der Waals surface area contributed by atoms with Gasteiger partial charge in [-0.1, -0.05) is 13.8 Å². The minimum atomic E-state index is 0.484. The van der Waals surface area contributed by atoms with Crippen molar-refractivity contribution >= 4 is 5.82 Å². The first kappa shape index (κ1) is 13.4. The zero-order valence-electron chi connectivity index (χ0n) is 12.2. The van der Waals surface area contributed by atoms with E-state index >= 15 is 0 Å². The number of hydrogen-bond donors (Lipinski definition) is 1. The molecule has 0 aliphatic carbocycles. The molecule has 2 N–H and O–H groups in total. The molecule has 1 aromatic rings. The molecule has 1 aromatic heterocycles. The quantitative estimate of drug-likeness (QED) is 0.890. The van der Waals surface area contributed by atoms with Crippen molar-refractivity contribution in [1.29, 1.82) is 0 Å². The number of rotatable bonds is 3. The van der Waals surface area contributed by atoms with Gasteiger partial charge in [0.25, 0.3) is 0 Å². The van der Waals surface area contributed by atoms with Gasteiger partial charge in [-0.2, -0.15) is 5.10 Å².